The third kappa shape index (κ3) is 6.61. The number of benzene rings is 2. The van der Waals surface area contributed by atoms with Crippen LogP contribution >= 0.6 is 15.9 Å². The second-order valence-corrected chi connectivity index (χ2v) is 12.7. The molecule has 0 radical (unpaired) electrons. The number of piperidine rings is 2. The third-order valence-corrected chi connectivity index (χ3v) is 8.41. The molecule has 2 aromatic rings. The van der Waals surface area contributed by atoms with Gasteiger partial charge in [0, 0.05) is 56.7 Å². The van der Waals surface area contributed by atoms with E-state index < -0.39 is 5.60 Å². The third-order valence-electron chi connectivity index (χ3n) is 7.79. The summed E-state index contributed by atoms with van der Waals surface area (Å²) in [5.41, 5.74) is 1.78. The molecule has 226 valence electrons. The van der Waals surface area contributed by atoms with E-state index in [1.807, 2.05) is 45.0 Å². The van der Waals surface area contributed by atoms with Crippen molar-refractivity contribution in [3.63, 3.8) is 0 Å². The standard InChI is InChI=1S/C31H38BrN3O7/c1-31(2,3)42-29(37)34-15-11-22(12-16-34)41-27-18-26(39-4)23(17-24(27)32)28(36)33-13-9-21(10-14-33)35-25-8-6-5-7-20(25)19-40-30(35)38/h5-8,17-18,21-22H,9-16,19H2,1-4H3. The summed E-state index contributed by atoms with van der Waals surface area (Å²) < 4.78 is 23.4. The van der Waals surface area contributed by atoms with Gasteiger partial charge in [-0.25, -0.2) is 9.59 Å². The fraction of sp³-hybridized carbons (Fsp3) is 0.516. The Morgan fingerprint density at radius 3 is 2.29 bits per heavy atom. The number of anilines is 1. The highest BCUT2D eigenvalue weighted by Gasteiger charge is 2.36. The zero-order valence-corrected chi connectivity index (χ0v) is 26.1. The Kier molecular flexibility index (Phi) is 8.86. The number of hydrogen-bond donors (Lipinski definition) is 0. The lowest BCUT2D eigenvalue weighted by atomic mass is 10.00. The minimum Gasteiger partial charge on any atom is -0.496 e. The lowest BCUT2D eigenvalue weighted by Gasteiger charge is -2.40. The topological polar surface area (TPSA) is 97.8 Å². The van der Waals surface area contributed by atoms with Crippen molar-refractivity contribution in [3.05, 3.63) is 52.0 Å². The molecular weight excluding hydrogens is 606 g/mol. The Morgan fingerprint density at radius 2 is 1.62 bits per heavy atom. The maximum atomic E-state index is 13.6. The molecule has 0 aliphatic carbocycles. The van der Waals surface area contributed by atoms with Crippen LogP contribution in [-0.2, 0) is 16.1 Å². The Morgan fingerprint density at radius 1 is 0.952 bits per heavy atom. The van der Waals surface area contributed by atoms with Crippen LogP contribution in [0, 0.1) is 0 Å². The fourth-order valence-electron chi connectivity index (χ4n) is 5.64. The number of carbonyl (C=O) groups excluding carboxylic acids is 3. The summed E-state index contributed by atoms with van der Waals surface area (Å²) >= 11 is 3.59. The summed E-state index contributed by atoms with van der Waals surface area (Å²) in [4.78, 5) is 43.9. The van der Waals surface area contributed by atoms with Gasteiger partial charge in [0.1, 0.15) is 29.8 Å². The first kappa shape index (κ1) is 30.0. The summed E-state index contributed by atoms with van der Waals surface area (Å²) in [7, 11) is 1.54. The SMILES string of the molecule is COc1cc(OC2CCN(C(=O)OC(C)(C)C)CC2)c(Br)cc1C(=O)N1CCC(N2C(=O)OCc3ccccc32)CC1. The van der Waals surface area contributed by atoms with Crippen molar-refractivity contribution in [3.8, 4) is 11.5 Å². The van der Waals surface area contributed by atoms with Gasteiger partial charge in [-0.3, -0.25) is 9.69 Å². The predicted molar refractivity (Wildman–Crippen MR) is 160 cm³/mol. The molecule has 0 unspecified atom stereocenters. The van der Waals surface area contributed by atoms with Gasteiger partial charge in [-0.15, -0.1) is 0 Å². The molecule has 3 heterocycles. The van der Waals surface area contributed by atoms with Gasteiger partial charge in [0.05, 0.1) is 22.8 Å². The van der Waals surface area contributed by atoms with E-state index in [2.05, 4.69) is 15.9 Å². The van der Waals surface area contributed by atoms with Crippen LogP contribution in [0.4, 0.5) is 15.3 Å². The number of rotatable bonds is 5. The zero-order valence-electron chi connectivity index (χ0n) is 24.6. The molecule has 0 spiro atoms. The van der Waals surface area contributed by atoms with Crippen LogP contribution in [0.1, 0.15) is 62.4 Å². The smallest absolute Gasteiger partial charge is 0.414 e. The number of amides is 3. The van der Waals surface area contributed by atoms with E-state index in [4.69, 9.17) is 18.9 Å². The number of hydrogen-bond acceptors (Lipinski definition) is 7. The average molecular weight is 645 g/mol. The summed E-state index contributed by atoms with van der Waals surface area (Å²) in [6.45, 7) is 7.94. The molecule has 10 nitrogen and oxygen atoms in total. The summed E-state index contributed by atoms with van der Waals surface area (Å²) in [5.74, 6) is 0.880. The molecule has 3 amide bonds. The molecule has 2 aromatic carbocycles. The van der Waals surface area contributed by atoms with Gasteiger partial charge in [-0.05, 0) is 61.7 Å². The van der Waals surface area contributed by atoms with Gasteiger partial charge < -0.3 is 28.7 Å². The van der Waals surface area contributed by atoms with Crippen LogP contribution in [0.25, 0.3) is 0 Å². The summed E-state index contributed by atoms with van der Waals surface area (Å²) in [6.07, 6.45) is 1.88. The molecule has 0 saturated carbocycles. The first-order valence-corrected chi connectivity index (χ1v) is 15.2. The average Bonchev–Trinajstić information content (AvgIpc) is 2.97. The second-order valence-electron chi connectivity index (χ2n) is 11.8. The van der Waals surface area contributed by atoms with Crippen LogP contribution < -0.4 is 14.4 Å². The molecule has 0 N–H and O–H groups in total. The second kappa shape index (κ2) is 12.4. The van der Waals surface area contributed by atoms with E-state index in [0.717, 1.165) is 11.3 Å². The van der Waals surface area contributed by atoms with E-state index in [-0.39, 0.29) is 36.8 Å². The number of para-hydroxylation sites is 1. The largest absolute Gasteiger partial charge is 0.496 e. The molecular formula is C31H38BrN3O7. The van der Waals surface area contributed by atoms with Crippen LogP contribution in [0.3, 0.4) is 0 Å². The van der Waals surface area contributed by atoms with Gasteiger partial charge in [0.25, 0.3) is 5.91 Å². The van der Waals surface area contributed by atoms with Crippen molar-refractivity contribution >= 4 is 39.7 Å². The van der Waals surface area contributed by atoms with E-state index >= 15 is 0 Å². The normalized spacial score (nSPS) is 18.3. The van der Waals surface area contributed by atoms with Crippen LogP contribution in [0.5, 0.6) is 11.5 Å². The van der Waals surface area contributed by atoms with Crippen LogP contribution in [0.2, 0.25) is 0 Å². The molecule has 5 rings (SSSR count). The molecule has 11 heteroatoms. The first-order chi connectivity index (χ1) is 20.0. The lowest BCUT2D eigenvalue weighted by Crippen LogP contribution is -2.50. The highest BCUT2D eigenvalue weighted by molar-refractivity contribution is 9.10. The molecule has 3 aliphatic heterocycles. The Labute approximate surface area is 254 Å². The molecule has 0 atom stereocenters. The van der Waals surface area contributed by atoms with E-state index in [1.165, 1.54) is 7.11 Å². The van der Waals surface area contributed by atoms with Crippen molar-refractivity contribution in [1.29, 1.82) is 0 Å². The summed E-state index contributed by atoms with van der Waals surface area (Å²) in [6, 6.07) is 11.2. The predicted octanol–water partition coefficient (Wildman–Crippen LogP) is 6.00. The van der Waals surface area contributed by atoms with Crippen molar-refractivity contribution < 1.29 is 33.3 Å². The molecule has 3 aliphatic rings. The molecule has 2 fully saturated rings. The Hall–Kier alpha value is -3.47. The van der Waals surface area contributed by atoms with Gasteiger partial charge in [0.15, 0.2) is 0 Å². The monoisotopic (exact) mass is 643 g/mol. The molecule has 2 saturated heterocycles. The Bertz CT molecular complexity index is 1330. The number of carbonyl (C=O) groups is 3. The number of nitrogens with zero attached hydrogens (tertiary/aromatic N) is 3. The van der Waals surface area contributed by atoms with Crippen LogP contribution in [0.15, 0.2) is 40.9 Å². The Balaban J connectivity index is 1.20. The first-order valence-electron chi connectivity index (χ1n) is 14.4. The molecule has 0 bridgehead atoms. The maximum absolute atomic E-state index is 13.6. The fourth-order valence-corrected chi connectivity index (χ4v) is 6.08. The van der Waals surface area contributed by atoms with Gasteiger partial charge in [-0.1, -0.05) is 18.2 Å². The summed E-state index contributed by atoms with van der Waals surface area (Å²) in [5, 5.41) is 0. The van der Waals surface area contributed by atoms with Crippen LogP contribution in [-0.4, -0.2) is 78.9 Å². The van der Waals surface area contributed by atoms with Crippen molar-refractivity contribution in [2.45, 2.75) is 70.8 Å². The lowest BCUT2D eigenvalue weighted by molar-refractivity contribution is 0.0126. The zero-order chi connectivity index (χ0) is 30.0. The van der Waals surface area contributed by atoms with E-state index in [9.17, 15) is 14.4 Å². The highest BCUT2D eigenvalue weighted by atomic mass is 79.9. The number of halogens is 1. The number of ether oxygens (including phenoxy) is 4. The van der Waals surface area contributed by atoms with Crippen molar-refractivity contribution in [2.75, 3.05) is 38.2 Å². The van der Waals surface area contributed by atoms with E-state index in [0.29, 0.717) is 73.4 Å². The maximum Gasteiger partial charge on any atom is 0.414 e. The number of likely N-dealkylation sites (tertiary alicyclic amines) is 2. The molecule has 42 heavy (non-hydrogen) atoms. The van der Waals surface area contributed by atoms with Gasteiger partial charge >= 0.3 is 12.2 Å². The number of methoxy groups -OCH3 is 1. The quantitative estimate of drug-likeness (QED) is 0.394. The van der Waals surface area contributed by atoms with Crippen molar-refractivity contribution in [2.24, 2.45) is 0 Å². The van der Waals surface area contributed by atoms with E-state index in [1.54, 1.807) is 26.8 Å². The number of fused-ring (bicyclic) bond motifs is 1. The van der Waals surface area contributed by atoms with Gasteiger partial charge in [-0.2, -0.15) is 0 Å². The minimum absolute atomic E-state index is 0.0471. The van der Waals surface area contributed by atoms with Gasteiger partial charge in [0.2, 0.25) is 0 Å². The molecule has 0 aromatic heterocycles. The highest BCUT2D eigenvalue weighted by Crippen LogP contribution is 2.37. The number of cyclic esters (lactones) is 1. The van der Waals surface area contributed by atoms with Crippen molar-refractivity contribution in [1.82, 2.24) is 9.80 Å². The minimum atomic E-state index is -0.533.